The van der Waals surface area contributed by atoms with Gasteiger partial charge in [-0.2, -0.15) is 4.57 Å². The van der Waals surface area contributed by atoms with E-state index in [1.165, 1.54) is 50.1 Å². The summed E-state index contributed by atoms with van der Waals surface area (Å²) in [7, 11) is 0. The zero-order valence-electron chi connectivity index (χ0n) is 15.1. The van der Waals surface area contributed by atoms with E-state index in [1.807, 2.05) is 23.1 Å². The number of aryl methyl sites for hydroxylation is 1. The molecule has 2 nitrogen and oxygen atoms in total. The highest BCUT2D eigenvalue weighted by atomic mass is 32.2. The molecule has 27 heavy (non-hydrogen) atoms. The summed E-state index contributed by atoms with van der Waals surface area (Å²) in [5.74, 6) is 0.546. The topological polar surface area (TPSA) is 7.12 Å². The van der Waals surface area contributed by atoms with Crippen LogP contribution < -0.4 is 9.47 Å². The van der Waals surface area contributed by atoms with Gasteiger partial charge in [-0.25, -0.2) is 0 Å². The van der Waals surface area contributed by atoms with Crippen LogP contribution in [0.4, 0.5) is 5.69 Å². The van der Waals surface area contributed by atoms with Gasteiger partial charge >= 0.3 is 0 Å². The first-order valence-corrected chi connectivity index (χ1v) is 11.4. The van der Waals surface area contributed by atoms with Gasteiger partial charge < -0.3 is 4.90 Å². The van der Waals surface area contributed by atoms with Gasteiger partial charge in [0.25, 0.3) is 5.01 Å². The number of hydrogen-bond donors (Lipinski definition) is 0. The Labute approximate surface area is 167 Å². The highest BCUT2D eigenvalue weighted by Gasteiger charge is 2.31. The van der Waals surface area contributed by atoms with Gasteiger partial charge in [0.1, 0.15) is 4.70 Å². The van der Waals surface area contributed by atoms with Gasteiger partial charge in [0.05, 0.1) is 10.7 Å². The van der Waals surface area contributed by atoms with Crippen LogP contribution in [-0.2, 0) is 6.54 Å². The van der Waals surface area contributed by atoms with Gasteiger partial charge in [-0.3, -0.25) is 0 Å². The fourth-order valence-electron chi connectivity index (χ4n) is 4.53. The SMILES string of the molecule is C1=C2Sc3ccccc3N2CCC1/C=C1/CCC[n+]2c1sc1ccccc12. The van der Waals surface area contributed by atoms with Gasteiger partial charge in [-0.1, -0.05) is 53.4 Å². The maximum Gasteiger partial charge on any atom is 0.265 e. The zero-order chi connectivity index (χ0) is 17.8. The average molecular weight is 390 g/mol. The van der Waals surface area contributed by atoms with E-state index in [9.17, 15) is 0 Å². The molecule has 0 fully saturated rings. The molecule has 0 N–H and O–H groups in total. The number of aromatic nitrogens is 1. The van der Waals surface area contributed by atoms with E-state index < -0.39 is 0 Å². The van der Waals surface area contributed by atoms with E-state index in [2.05, 4.69) is 70.1 Å². The maximum absolute atomic E-state index is 2.56. The zero-order valence-corrected chi connectivity index (χ0v) is 16.7. The molecule has 0 bridgehead atoms. The number of hydrogen-bond acceptors (Lipinski definition) is 3. The first-order valence-electron chi connectivity index (χ1n) is 9.75. The molecule has 1 aromatic heterocycles. The van der Waals surface area contributed by atoms with Crippen LogP contribution in [0.2, 0.25) is 0 Å². The molecule has 0 amide bonds. The molecule has 2 aromatic carbocycles. The van der Waals surface area contributed by atoms with E-state index in [1.54, 1.807) is 5.57 Å². The predicted molar refractivity (Wildman–Crippen MR) is 115 cm³/mol. The number of anilines is 1. The van der Waals surface area contributed by atoms with Gasteiger partial charge in [0.2, 0.25) is 5.52 Å². The van der Waals surface area contributed by atoms with Crippen LogP contribution in [0.3, 0.4) is 0 Å². The summed E-state index contributed by atoms with van der Waals surface area (Å²) in [5, 5.41) is 2.90. The van der Waals surface area contributed by atoms with Crippen LogP contribution in [-0.4, -0.2) is 6.54 Å². The second-order valence-corrected chi connectivity index (χ2v) is 9.59. The second kappa shape index (κ2) is 6.25. The molecule has 3 aromatic rings. The van der Waals surface area contributed by atoms with E-state index >= 15 is 0 Å². The van der Waals surface area contributed by atoms with E-state index in [-0.39, 0.29) is 0 Å². The minimum Gasteiger partial charge on any atom is -0.335 e. The molecule has 1 unspecified atom stereocenters. The number of rotatable bonds is 1. The molecular formula is C23H21N2S2+. The standard InChI is InChI=1S/C23H21N2S2/c1-3-9-20-18(7-1)24-13-11-16(15-22(24)26-20)14-17-6-5-12-25-19-8-2-4-10-21(19)27-23(17)25/h1-4,7-10,14-16H,5-6,11-13H2/q+1/b17-14-. The average Bonchev–Trinajstić information content (AvgIpc) is 3.26. The number of thioether (sulfide) groups is 1. The number of para-hydroxylation sites is 2. The fraction of sp³-hybridized carbons (Fsp3) is 0.261. The molecule has 3 aliphatic heterocycles. The third-order valence-electron chi connectivity index (χ3n) is 5.80. The summed E-state index contributed by atoms with van der Waals surface area (Å²) < 4.78 is 3.95. The van der Waals surface area contributed by atoms with Crippen molar-refractivity contribution in [2.24, 2.45) is 5.92 Å². The van der Waals surface area contributed by atoms with E-state index in [0.717, 1.165) is 13.1 Å². The van der Waals surface area contributed by atoms with Crippen molar-refractivity contribution in [1.82, 2.24) is 0 Å². The summed E-state index contributed by atoms with van der Waals surface area (Å²) in [4.78, 5) is 3.90. The molecule has 1 atom stereocenters. The Morgan fingerprint density at radius 1 is 1.07 bits per heavy atom. The van der Waals surface area contributed by atoms with Crippen molar-refractivity contribution >= 4 is 44.6 Å². The van der Waals surface area contributed by atoms with Gasteiger partial charge in [-0.15, -0.1) is 0 Å². The van der Waals surface area contributed by atoms with Crippen LogP contribution in [0.1, 0.15) is 24.3 Å². The lowest BCUT2D eigenvalue weighted by atomic mass is 9.96. The second-order valence-electron chi connectivity index (χ2n) is 7.50. The minimum atomic E-state index is 0.546. The molecule has 0 saturated carbocycles. The monoisotopic (exact) mass is 389 g/mol. The fourth-order valence-corrected chi connectivity index (χ4v) is 6.96. The Kier molecular flexibility index (Phi) is 3.69. The molecule has 0 aliphatic carbocycles. The third kappa shape index (κ3) is 2.58. The number of allylic oxidation sites excluding steroid dienone is 3. The van der Waals surface area contributed by atoms with Gasteiger partial charge in [0, 0.05) is 35.4 Å². The van der Waals surface area contributed by atoms with Crippen molar-refractivity contribution in [3.63, 3.8) is 0 Å². The quantitative estimate of drug-likeness (QED) is 0.483. The summed E-state index contributed by atoms with van der Waals surface area (Å²) >= 11 is 3.89. The van der Waals surface area contributed by atoms with E-state index in [4.69, 9.17) is 0 Å². The lowest BCUT2D eigenvalue weighted by Gasteiger charge is -2.27. The summed E-state index contributed by atoms with van der Waals surface area (Å²) in [5.41, 5.74) is 4.34. The Bertz CT molecular complexity index is 1110. The number of fused-ring (bicyclic) bond motifs is 6. The molecule has 4 heterocycles. The normalized spacial score (nSPS) is 22.5. The Hall–Kier alpha value is -2.04. The van der Waals surface area contributed by atoms with Crippen LogP contribution in [0, 0.1) is 5.92 Å². The smallest absolute Gasteiger partial charge is 0.265 e. The highest BCUT2D eigenvalue weighted by Crippen LogP contribution is 2.48. The van der Waals surface area contributed by atoms with Crippen molar-refractivity contribution in [3.05, 3.63) is 70.7 Å². The molecular weight excluding hydrogens is 368 g/mol. The van der Waals surface area contributed by atoms with E-state index in [0.29, 0.717) is 5.92 Å². The van der Waals surface area contributed by atoms with Crippen LogP contribution in [0.15, 0.2) is 70.6 Å². The molecule has 6 rings (SSSR count). The largest absolute Gasteiger partial charge is 0.335 e. The number of thiazole rings is 1. The van der Waals surface area contributed by atoms with Crippen LogP contribution in [0.5, 0.6) is 0 Å². The lowest BCUT2D eigenvalue weighted by molar-refractivity contribution is -0.672. The molecule has 0 saturated heterocycles. The Morgan fingerprint density at radius 3 is 2.96 bits per heavy atom. The Morgan fingerprint density at radius 2 is 1.96 bits per heavy atom. The van der Waals surface area contributed by atoms with Crippen molar-refractivity contribution in [1.29, 1.82) is 0 Å². The highest BCUT2D eigenvalue weighted by molar-refractivity contribution is 8.03. The van der Waals surface area contributed by atoms with Gasteiger partial charge in [0.15, 0.2) is 6.54 Å². The summed E-state index contributed by atoms with van der Waals surface area (Å²) in [6.45, 7) is 2.28. The van der Waals surface area contributed by atoms with Crippen molar-refractivity contribution in [3.8, 4) is 0 Å². The first kappa shape index (κ1) is 16.0. The molecule has 3 aliphatic rings. The molecule has 0 spiro atoms. The first-order chi connectivity index (χ1) is 13.4. The molecule has 4 heteroatoms. The summed E-state index contributed by atoms with van der Waals surface area (Å²) in [6.07, 6.45) is 8.72. The van der Waals surface area contributed by atoms with Crippen molar-refractivity contribution in [2.45, 2.75) is 30.7 Å². The third-order valence-corrected chi connectivity index (χ3v) is 8.18. The Balaban J connectivity index is 1.36. The lowest BCUT2D eigenvalue weighted by Crippen LogP contribution is -2.38. The van der Waals surface area contributed by atoms with Gasteiger partial charge in [-0.05, 0) is 37.1 Å². The molecule has 0 radical (unpaired) electrons. The van der Waals surface area contributed by atoms with Crippen LogP contribution in [0.25, 0.3) is 15.8 Å². The van der Waals surface area contributed by atoms with Crippen molar-refractivity contribution in [2.75, 3.05) is 11.4 Å². The summed E-state index contributed by atoms with van der Waals surface area (Å²) in [6, 6.07) is 17.6. The molecule has 134 valence electrons. The number of benzene rings is 2. The van der Waals surface area contributed by atoms with Crippen LogP contribution >= 0.6 is 23.1 Å². The maximum atomic E-state index is 2.56. The minimum absolute atomic E-state index is 0.546. The predicted octanol–water partition coefficient (Wildman–Crippen LogP) is 5.84. The number of nitrogens with zero attached hydrogens (tertiary/aromatic N) is 2. The van der Waals surface area contributed by atoms with Crippen molar-refractivity contribution < 1.29 is 4.57 Å².